The summed E-state index contributed by atoms with van der Waals surface area (Å²) in [5.41, 5.74) is 6.06. The van der Waals surface area contributed by atoms with E-state index in [0.29, 0.717) is 34.0 Å². The molecule has 1 unspecified atom stereocenters. The Kier molecular flexibility index (Phi) is 3.82. The largest absolute Gasteiger partial charge is 0.489 e. The van der Waals surface area contributed by atoms with Crippen LogP contribution in [0.5, 0.6) is 5.75 Å². The Morgan fingerprint density at radius 1 is 1.17 bits per heavy atom. The molecule has 1 heterocycles. The van der Waals surface area contributed by atoms with Crippen molar-refractivity contribution in [3.8, 4) is 5.75 Å². The Hall–Kier alpha value is -1.52. The van der Waals surface area contributed by atoms with Crippen LogP contribution < -0.4 is 16.0 Å². The molecule has 4 atom stereocenters. The third kappa shape index (κ3) is 2.74. The topological polar surface area (TPSA) is 68.1 Å². The van der Waals surface area contributed by atoms with E-state index in [1.54, 1.807) is 12.3 Å². The number of fused-ring (bicyclic) bond motifs is 3. The number of H-pyrrole nitrogens is 1. The SMILES string of the molecule is N[C@@H]1CC[C@H]2C[C@H]1CCC2Oc1cc2cc[nH]c(=O)c2cc1Cl. The molecule has 0 amide bonds. The molecule has 2 aromatic rings. The number of aromatic nitrogens is 1. The highest BCUT2D eigenvalue weighted by Crippen LogP contribution is 2.42. The maximum Gasteiger partial charge on any atom is 0.255 e. The number of hydrogen-bond acceptors (Lipinski definition) is 3. The summed E-state index contributed by atoms with van der Waals surface area (Å²) in [6.45, 7) is 0. The highest BCUT2D eigenvalue weighted by atomic mass is 35.5. The number of benzene rings is 1. The minimum absolute atomic E-state index is 0.127. The molecular weight excluding hydrogens is 312 g/mol. The number of nitrogens with one attached hydrogen (secondary N) is 1. The summed E-state index contributed by atoms with van der Waals surface area (Å²) >= 11 is 6.35. The molecule has 2 bridgehead atoms. The molecule has 0 saturated heterocycles. The average molecular weight is 333 g/mol. The fourth-order valence-electron chi connectivity index (χ4n) is 4.20. The van der Waals surface area contributed by atoms with Gasteiger partial charge in [-0.1, -0.05) is 11.6 Å². The number of pyridine rings is 1. The van der Waals surface area contributed by atoms with E-state index in [2.05, 4.69) is 4.98 Å². The summed E-state index contributed by atoms with van der Waals surface area (Å²) < 4.78 is 6.27. The minimum Gasteiger partial charge on any atom is -0.489 e. The summed E-state index contributed by atoms with van der Waals surface area (Å²) in [4.78, 5) is 14.5. The Labute approximate surface area is 140 Å². The zero-order chi connectivity index (χ0) is 16.0. The summed E-state index contributed by atoms with van der Waals surface area (Å²) in [6, 6.07) is 5.82. The molecule has 2 fully saturated rings. The van der Waals surface area contributed by atoms with Gasteiger partial charge in [-0.05, 0) is 67.5 Å². The van der Waals surface area contributed by atoms with Gasteiger partial charge in [-0.25, -0.2) is 0 Å². The highest BCUT2D eigenvalue weighted by Gasteiger charge is 2.38. The maximum atomic E-state index is 11.8. The van der Waals surface area contributed by atoms with Crippen LogP contribution in [-0.4, -0.2) is 17.1 Å². The smallest absolute Gasteiger partial charge is 0.255 e. The summed E-state index contributed by atoms with van der Waals surface area (Å²) in [5, 5.41) is 1.95. The van der Waals surface area contributed by atoms with E-state index in [0.717, 1.165) is 37.5 Å². The molecule has 1 aromatic heterocycles. The third-order valence-corrected chi connectivity index (χ3v) is 5.83. The van der Waals surface area contributed by atoms with Gasteiger partial charge in [0.15, 0.2) is 0 Å². The van der Waals surface area contributed by atoms with Crippen molar-refractivity contribution in [3.05, 3.63) is 39.8 Å². The van der Waals surface area contributed by atoms with Gasteiger partial charge < -0.3 is 15.5 Å². The second-order valence-electron chi connectivity index (χ2n) is 6.91. The van der Waals surface area contributed by atoms with Crippen molar-refractivity contribution < 1.29 is 4.74 Å². The van der Waals surface area contributed by atoms with Crippen molar-refractivity contribution >= 4 is 22.4 Å². The van der Waals surface area contributed by atoms with Gasteiger partial charge in [0.1, 0.15) is 11.9 Å². The number of halogens is 1. The molecule has 2 saturated carbocycles. The average Bonchev–Trinajstić information content (AvgIpc) is 2.55. The van der Waals surface area contributed by atoms with Gasteiger partial charge in [0.2, 0.25) is 0 Å². The first-order valence-corrected chi connectivity index (χ1v) is 8.73. The lowest BCUT2D eigenvalue weighted by Gasteiger charge is -2.43. The molecule has 23 heavy (non-hydrogen) atoms. The first-order valence-electron chi connectivity index (χ1n) is 8.35. The van der Waals surface area contributed by atoms with E-state index in [1.165, 1.54) is 0 Å². The minimum atomic E-state index is -0.127. The van der Waals surface area contributed by atoms with E-state index in [1.807, 2.05) is 12.1 Å². The zero-order valence-corrected chi connectivity index (χ0v) is 13.7. The number of aromatic amines is 1. The molecule has 2 aliphatic rings. The van der Waals surface area contributed by atoms with Crippen LogP contribution in [0.25, 0.3) is 10.8 Å². The number of rotatable bonds is 2. The first kappa shape index (κ1) is 15.0. The van der Waals surface area contributed by atoms with Gasteiger partial charge in [0.05, 0.1) is 5.02 Å². The molecule has 0 radical (unpaired) electrons. The van der Waals surface area contributed by atoms with Crippen LogP contribution in [0.2, 0.25) is 5.02 Å². The highest BCUT2D eigenvalue weighted by molar-refractivity contribution is 6.32. The van der Waals surface area contributed by atoms with E-state index in [9.17, 15) is 4.79 Å². The summed E-state index contributed by atoms with van der Waals surface area (Å²) in [7, 11) is 0. The second-order valence-corrected chi connectivity index (χ2v) is 7.31. The van der Waals surface area contributed by atoms with Gasteiger partial charge >= 0.3 is 0 Å². The molecule has 122 valence electrons. The van der Waals surface area contributed by atoms with Gasteiger partial charge in [-0.2, -0.15) is 0 Å². The van der Waals surface area contributed by atoms with Crippen LogP contribution in [0.15, 0.2) is 29.2 Å². The molecule has 5 heteroatoms. The van der Waals surface area contributed by atoms with Crippen molar-refractivity contribution in [2.24, 2.45) is 17.6 Å². The Morgan fingerprint density at radius 2 is 2.00 bits per heavy atom. The molecule has 0 spiro atoms. The fourth-order valence-corrected chi connectivity index (χ4v) is 4.41. The van der Waals surface area contributed by atoms with E-state index < -0.39 is 0 Å². The van der Waals surface area contributed by atoms with Crippen molar-refractivity contribution in [1.82, 2.24) is 4.98 Å². The monoisotopic (exact) mass is 332 g/mol. The number of hydrogen-bond donors (Lipinski definition) is 2. The lowest BCUT2D eigenvalue weighted by atomic mass is 9.68. The number of ether oxygens (including phenoxy) is 1. The van der Waals surface area contributed by atoms with Crippen molar-refractivity contribution in [2.45, 2.75) is 44.2 Å². The van der Waals surface area contributed by atoms with Crippen LogP contribution >= 0.6 is 11.6 Å². The van der Waals surface area contributed by atoms with Crippen molar-refractivity contribution in [1.29, 1.82) is 0 Å². The Morgan fingerprint density at radius 3 is 2.87 bits per heavy atom. The second kappa shape index (κ2) is 5.84. The van der Waals surface area contributed by atoms with E-state index in [4.69, 9.17) is 22.1 Å². The van der Waals surface area contributed by atoms with Crippen LogP contribution in [0.1, 0.15) is 32.1 Å². The Bertz CT molecular complexity index is 788. The summed E-state index contributed by atoms with van der Waals surface area (Å²) in [6.07, 6.45) is 7.41. The molecular formula is C18H21ClN2O2. The normalized spacial score (nSPS) is 30.3. The molecule has 2 aliphatic carbocycles. The van der Waals surface area contributed by atoms with Crippen LogP contribution in [0.4, 0.5) is 0 Å². The van der Waals surface area contributed by atoms with Crippen molar-refractivity contribution in [2.75, 3.05) is 0 Å². The van der Waals surface area contributed by atoms with Gasteiger partial charge in [0.25, 0.3) is 5.56 Å². The van der Waals surface area contributed by atoms with Gasteiger partial charge in [0, 0.05) is 17.6 Å². The van der Waals surface area contributed by atoms with Crippen LogP contribution in [0.3, 0.4) is 0 Å². The lowest BCUT2D eigenvalue weighted by molar-refractivity contribution is 0.0321. The van der Waals surface area contributed by atoms with E-state index in [-0.39, 0.29) is 11.7 Å². The molecule has 4 rings (SSSR count). The third-order valence-electron chi connectivity index (χ3n) is 5.53. The van der Waals surface area contributed by atoms with Gasteiger partial charge in [-0.15, -0.1) is 0 Å². The molecule has 4 nitrogen and oxygen atoms in total. The maximum absolute atomic E-state index is 11.8. The van der Waals surface area contributed by atoms with Gasteiger partial charge in [-0.3, -0.25) is 4.79 Å². The van der Waals surface area contributed by atoms with E-state index >= 15 is 0 Å². The zero-order valence-electron chi connectivity index (χ0n) is 12.9. The quantitative estimate of drug-likeness (QED) is 0.884. The number of nitrogens with two attached hydrogens (primary N) is 1. The van der Waals surface area contributed by atoms with Crippen LogP contribution in [-0.2, 0) is 0 Å². The molecule has 3 N–H and O–H groups in total. The first-order chi connectivity index (χ1) is 11.1. The predicted molar refractivity (Wildman–Crippen MR) is 92.0 cm³/mol. The van der Waals surface area contributed by atoms with Crippen molar-refractivity contribution in [3.63, 3.8) is 0 Å². The van der Waals surface area contributed by atoms with Crippen LogP contribution in [0, 0.1) is 11.8 Å². The fraction of sp³-hybridized carbons (Fsp3) is 0.500. The standard InChI is InChI=1S/C18H21ClN2O2/c19-14-9-13-10(5-6-21-18(13)22)8-17(14)23-16-4-2-11-7-12(16)1-3-15(11)20/h5-6,8-9,11-12,15-16H,1-4,7,20H2,(H,21,22)/t11-,12+,15-,16?/m1/s1. The Balaban J connectivity index is 1.60. The summed E-state index contributed by atoms with van der Waals surface area (Å²) in [5.74, 6) is 1.90. The predicted octanol–water partition coefficient (Wildman–Crippen LogP) is 3.47. The molecule has 1 aromatic carbocycles. The lowest BCUT2D eigenvalue weighted by Crippen LogP contribution is -2.45. The molecule has 0 aliphatic heterocycles.